The second kappa shape index (κ2) is 10.5. The maximum Gasteiger partial charge on any atom is 0.246 e. The second-order valence-corrected chi connectivity index (χ2v) is 9.52. The van der Waals surface area contributed by atoms with Gasteiger partial charge in [0, 0.05) is 44.7 Å². The van der Waals surface area contributed by atoms with E-state index >= 15 is 0 Å². The summed E-state index contributed by atoms with van der Waals surface area (Å²) in [5.41, 5.74) is 0.0138. The van der Waals surface area contributed by atoms with Crippen LogP contribution in [0, 0.1) is 0 Å². The number of methoxy groups -OCH3 is 1. The first-order chi connectivity index (χ1) is 17.2. The number of imide groups is 1. The van der Waals surface area contributed by atoms with Gasteiger partial charge < -0.3 is 19.4 Å². The summed E-state index contributed by atoms with van der Waals surface area (Å²) >= 11 is 0. The molecule has 190 valence electrons. The fraction of sp³-hybridized carbons (Fsp3) is 0.407. The number of carbonyl (C=O) groups excluding carboxylic acids is 4. The molecule has 2 aromatic carbocycles. The zero-order chi connectivity index (χ0) is 25.9. The van der Waals surface area contributed by atoms with E-state index in [0.717, 1.165) is 5.69 Å². The lowest BCUT2D eigenvalue weighted by atomic mass is 9.75. The Morgan fingerprint density at radius 3 is 2.42 bits per heavy atom. The highest BCUT2D eigenvalue weighted by atomic mass is 16.5. The van der Waals surface area contributed by atoms with Crippen LogP contribution in [-0.2, 0) is 24.6 Å². The van der Waals surface area contributed by atoms with Crippen LogP contribution < -0.4 is 9.64 Å². The normalized spacial score (nSPS) is 20.4. The molecule has 9 heteroatoms. The van der Waals surface area contributed by atoms with Crippen molar-refractivity contribution in [2.24, 2.45) is 0 Å². The molecule has 0 radical (unpaired) electrons. The Balaban J connectivity index is 1.58. The summed E-state index contributed by atoms with van der Waals surface area (Å²) in [6.45, 7) is 1.41. The van der Waals surface area contributed by atoms with Crippen LogP contribution in [0.25, 0.3) is 0 Å². The van der Waals surface area contributed by atoms with E-state index in [2.05, 4.69) is 0 Å². The summed E-state index contributed by atoms with van der Waals surface area (Å²) in [7, 11) is 5.27. The molecule has 1 atom stereocenters. The molecule has 9 nitrogen and oxygen atoms in total. The lowest BCUT2D eigenvalue weighted by Gasteiger charge is -2.36. The largest absolute Gasteiger partial charge is 0.497 e. The Morgan fingerprint density at radius 2 is 1.75 bits per heavy atom. The molecule has 0 saturated carbocycles. The molecule has 2 saturated heterocycles. The Kier molecular flexibility index (Phi) is 7.40. The number of piperazine rings is 1. The summed E-state index contributed by atoms with van der Waals surface area (Å²) in [5, 5.41) is 0. The fourth-order valence-electron chi connectivity index (χ4n) is 4.85. The molecule has 2 aromatic rings. The van der Waals surface area contributed by atoms with Crippen LogP contribution in [0.5, 0.6) is 5.75 Å². The molecule has 0 spiro atoms. The zero-order valence-electron chi connectivity index (χ0n) is 21.0. The lowest BCUT2D eigenvalue weighted by Crippen LogP contribution is -2.54. The third kappa shape index (κ3) is 4.97. The first kappa shape index (κ1) is 25.4. The zero-order valence-corrected chi connectivity index (χ0v) is 21.0. The smallest absolute Gasteiger partial charge is 0.246 e. The predicted molar refractivity (Wildman–Crippen MR) is 135 cm³/mol. The minimum Gasteiger partial charge on any atom is -0.497 e. The van der Waals surface area contributed by atoms with E-state index < -0.39 is 5.41 Å². The molecule has 4 amide bonds. The van der Waals surface area contributed by atoms with Crippen LogP contribution in [0.15, 0.2) is 54.6 Å². The van der Waals surface area contributed by atoms with Crippen molar-refractivity contribution in [3.05, 3.63) is 60.2 Å². The van der Waals surface area contributed by atoms with Crippen molar-refractivity contribution in [2.75, 3.05) is 58.8 Å². The van der Waals surface area contributed by atoms with Crippen molar-refractivity contribution >= 4 is 29.3 Å². The number of amides is 4. The van der Waals surface area contributed by atoms with Crippen LogP contribution in [0.2, 0.25) is 0 Å². The molecular weight excluding hydrogens is 460 g/mol. The number of carbonyl (C=O) groups is 4. The van der Waals surface area contributed by atoms with E-state index in [9.17, 15) is 19.2 Å². The summed E-state index contributed by atoms with van der Waals surface area (Å²) in [5.74, 6) is -0.655. The average molecular weight is 493 g/mol. The minimum absolute atomic E-state index is 0.0750. The molecule has 2 fully saturated rings. The van der Waals surface area contributed by atoms with Crippen molar-refractivity contribution < 1.29 is 23.9 Å². The first-order valence-electron chi connectivity index (χ1n) is 12.0. The number of rotatable bonds is 8. The summed E-state index contributed by atoms with van der Waals surface area (Å²) < 4.78 is 5.35. The van der Waals surface area contributed by atoms with E-state index in [-0.39, 0.29) is 49.6 Å². The molecule has 0 bridgehead atoms. The number of likely N-dealkylation sites (N-methyl/N-ethyl adjacent to an activating group) is 1. The number of nitrogens with zero attached hydrogens (tertiary/aromatic N) is 4. The van der Waals surface area contributed by atoms with Crippen LogP contribution in [0.1, 0.15) is 18.4 Å². The van der Waals surface area contributed by atoms with Crippen molar-refractivity contribution in [1.29, 1.82) is 0 Å². The third-order valence-corrected chi connectivity index (χ3v) is 6.90. The molecule has 1 unspecified atom stereocenters. The van der Waals surface area contributed by atoms with Gasteiger partial charge in [0.05, 0.1) is 12.5 Å². The standard InChI is InChI=1S/C27H32N4O5/c1-28(2)12-14-31-24(33)18-27(26(31)35,20-8-7-11-22(16-20)36-3)17-23(32)29-13-15-30(25(34)19-29)21-9-5-4-6-10-21/h4-11,16H,12-15,17-19H2,1-3H3. The van der Waals surface area contributed by atoms with E-state index in [0.29, 0.717) is 30.9 Å². The molecule has 0 aliphatic carbocycles. The van der Waals surface area contributed by atoms with Gasteiger partial charge in [0.15, 0.2) is 0 Å². The Hall–Kier alpha value is -3.72. The predicted octanol–water partition coefficient (Wildman–Crippen LogP) is 1.52. The van der Waals surface area contributed by atoms with Crippen molar-refractivity contribution in [3.8, 4) is 5.75 Å². The Labute approximate surface area is 211 Å². The quantitative estimate of drug-likeness (QED) is 0.519. The number of anilines is 1. The Morgan fingerprint density at radius 1 is 1.00 bits per heavy atom. The van der Waals surface area contributed by atoms with Gasteiger partial charge in [0.2, 0.25) is 23.6 Å². The number of benzene rings is 2. The van der Waals surface area contributed by atoms with Gasteiger partial charge in [-0.15, -0.1) is 0 Å². The molecule has 36 heavy (non-hydrogen) atoms. The summed E-state index contributed by atoms with van der Waals surface area (Å²) in [4.78, 5) is 59.5. The van der Waals surface area contributed by atoms with Crippen molar-refractivity contribution in [2.45, 2.75) is 18.3 Å². The first-order valence-corrected chi connectivity index (χ1v) is 12.0. The summed E-state index contributed by atoms with van der Waals surface area (Å²) in [6.07, 6.45) is -0.294. The molecule has 0 aromatic heterocycles. The second-order valence-electron chi connectivity index (χ2n) is 9.52. The van der Waals surface area contributed by atoms with Crippen LogP contribution >= 0.6 is 0 Å². The van der Waals surface area contributed by atoms with Crippen LogP contribution in [0.4, 0.5) is 5.69 Å². The van der Waals surface area contributed by atoms with Crippen molar-refractivity contribution in [1.82, 2.24) is 14.7 Å². The number of hydrogen-bond donors (Lipinski definition) is 0. The number of hydrogen-bond acceptors (Lipinski definition) is 6. The highest BCUT2D eigenvalue weighted by Gasteiger charge is 2.54. The van der Waals surface area contributed by atoms with Gasteiger partial charge in [-0.1, -0.05) is 30.3 Å². The maximum absolute atomic E-state index is 13.8. The van der Waals surface area contributed by atoms with E-state index in [4.69, 9.17) is 4.74 Å². The van der Waals surface area contributed by atoms with Crippen molar-refractivity contribution in [3.63, 3.8) is 0 Å². The fourth-order valence-corrected chi connectivity index (χ4v) is 4.85. The summed E-state index contributed by atoms with van der Waals surface area (Å²) in [6, 6.07) is 16.3. The monoisotopic (exact) mass is 492 g/mol. The number of para-hydroxylation sites is 1. The van der Waals surface area contributed by atoms with Crippen LogP contribution in [0.3, 0.4) is 0 Å². The van der Waals surface area contributed by atoms with E-state index in [1.807, 2.05) is 49.3 Å². The van der Waals surface area contributed by atoms with E-state index in [1.54, 1.807) is 29.2 Å². The van der Waals surface area contributed by atoms with Gasteiger partial charge in [0.25, 0.3) is 0 Å². The SMILES string of the molecule is COc1cccc(C2(CC(=O)N3CCN(c4ccccc4)C(=O)C3)CC(=O)N(CCN(C)C)C2=O)c1. The molecule has 2 heterocycles. The van der Waals surface area contributed by atoms with E-state index in [1.165, 1.54) is 16.9 Å². The molecular formula is C27H32N4O5. The molecule has 4 rings (SSSR count). The molecule has 0 N–H and O–H groups in total. The highest BCUT2D eigenvalue weighted by Crippen LogP contribution is 2.41. The van der Waals surface area contributed by atoms with Crippen LogP contribution in [-0.4, -0.2) is 92.3 Å². The van der Waals surface area contributed by atoms with Gasteiger partial charge in [0.1, 0.15) is 12.3 Å². The molecule has 2 aliphatic rings. The van der Waals surface area contributed by atoms with Gasteiger partial charge in [-0.3, -0.25) is 24.1 Å². The topological polar surface area (TPSA) is 90.5 Å². The number of likely N-dealkylation sites (tertiary alicyclic amines) is 1. The molecule has 2 aliphatic heterocycles. The van der Waals surface area contributed by atoms with Gasteiger partial charge in [-0.2, -0.15) is 0 Å². The maximum atomic E-state index is 13.8. The average Bonchev–Trinajstić information content (AvgIpc) is 3.12. The van der Waals surface area contributed by atoms with Gasteiger partial charge in [-0.25, -0.2) is 0 Å². The lowest BCUT2D eigenvalue weighted by molar-refractivity contribution is -0.143. The van der Waals surface area contributed by atoms with Gasteiger partial charge in [-0.05, 0) is 43.9 Å². The Bertz CT molecular complexity index is 1150. The highest BCUT2D eigenvalue weighted by molar-refractivity contribution is 6.11. The number of ether oxygens (including phenoxy) is 1. The third-order valence-electron chi connectivity index (χ3n) is 6.90. The minimum atomic E-state index is -1.34. The van der Waals surface area contributed by atoms with Gasteiger partial charge >= 0.3 is 0 Å².